The summed E-state index contributed by atoms with van der Waals surface area (Å²) in [5.74, 6) is 0.980. The van der Waals surface area contributed by atoms with E-state index in [2.05, 4.69) is 323 Å². The summed E-state index contributed by atoms with van der Waals surface area (Å²) in [5, 5.41) is 20.0. The van der Waals surface area contributed by atoms with Crippen LogP contribution >= 0.6 is 0 Å². The summed E-state index contributed by atoms with van der Waals surface area (Å²) in [4.78, 5) is 9.03. The highest BCUT2D eigenvalue weighted by atomic mass is 16.5. The zero-order chi connectivity index (χ0) is 61.6. The number of allylic oxidation sites excluding steroid dienone is 6. The van der Waals surface area contributed by atoms with E-state index in [0.717, 1.165) is 102 Å². The van der Waals surface area contributed by atoms with Crippen LogP contribution in [0.5, 0.6) is 0 Å². The minimum absolute atomic E-state index is 0.00397. The van der Waals surface area contributed by atoms with E-state index < -0.39 is 0 Å². The number of para-hydroxylation sites is 6. The Labute approximate surface area is 532 Å². The van der Waals surface area contributed by atoms with Gasteiger partial charge in [0.1, 0.15) is 29.2 Å². The van der Waals surface area contributed by atoms with E-state index in [1.165, 1.54) is 0 Å². The third-order valence-corrected chi connectivity index (χ3v) is 15.8. The fraction of sp³-hybridized carbons (Fsp3) is 0. The first kappa shape index (κ1) is 57.4. The van der Waals surface area contributed by atoms with Crippen LogP contribution in [0.15, 0.2) is 375 Å². The molecule has 0 amide bonds. The van der Waals surface area contributed by atoms with Crippen molar-refractivity contribution in [2.75, 3.05) is 19.6 Å². The van der Waals surface area contributed by atoms with Crippen molar-refractivity contribution in [2.24, 2.45) is 0 Å². The minimum Gasteiger partial charge on any atom is -0.457 e. The lowest BCUT2D eigenvalue weighted by molar-refractivity contribution is 0.332. The quantitative estimate of drug-likeness (QED) is 0.0793. The second-order valence-electron chi connectivity index (χ2n) is 21.6. The van der Waals surface area contributed by atoms with Crippen molar-refractivity contribution in [3.05, 3.63) is 386 Å². The van der Waals surface area contributed by atoms with Crippen molar-refractivity contribution in [3.63, 3.8) is 0 Å². The predicted molar refractivity (Wildman–Crippen MR) is 376 cm³/mol. The van der Waals surface area contributed by atoms with Crippen molar-refractivity contribution in [1.29, 1.82) is 10.5 Å². The highest BCUT2D eigenvalue weighted by Gasteiger charge is 2.18. The van der Waals surface area contributed by atoms with E-state index in [-0.39, 0.29) is 5.57 Å². The van der Waals surface area contributed by atoms with E-state index in [4.69, 9.17) is 4.74 Å². The van der Waals surface area contributed by atoms with Crippen LogP contribution in [0.4, 0.5) is 68.2 Å². The molecule has 1 aliphatic heterocycles. The van der Waals surface area contributed by atoms with Crippen molar-refractivity contribution < 1.29 is 4.74 Å². The topological polar surface area (TPSA) is 69.8 Å². The van der Waals surface area contributed by atoms with Crippen LogP contribution in [-0.2, 0) is 4.74 Å². The highest BCUT2D eigenvalue weighted by molar-refractivity contribution is 5.84. The lowest BCUT2D eigenvalue weighted by Gasteiger charge is -2.26. The average molecular weight is 1170 g/mol. The Balaban J connectivity index is 0.693. The summed E-state index contributed by atoms with van der Waals surface area (Å²) in [6, 6.07) is 118. The molecule has 0 aromatic heterocycles. The molecule has 0 saturated heterocycles. The van der Waals surface area contributed by atoms with Gasteiger partial charge in [0.2, 0.25) is 0 Å². The van der Waals surface area contributed by atoms with Gasteiger partial charge in [0.05, 0.1) is 0 Å². The third-order valence-electron chi connectivity index (χ3n) is 15.8. The smallest absolute Gasteiger partial charge is 0.137 e. The van der Waals surface area contributed by atoms with Crippen molar-refractivity contribution >= 4 is 80.4 Å². The van der Waals surface area contributed by atoms with Crippen LogP contribution in [0, 0.1) is 22.7 Å². The minimum atomic E-state index is -0.00397. The standard InChI is InChI=1S/C84H60N6O/c85-61-70(62-86)69-59-83(57-35-63-31-45-77(46-32-63)89(75-27-15-5-16-28-75)81-53-41-67(42-54-81)65-37-49-79(50-38-65)87(71-19-7-1-8-20-71)72-21-9-2-10-22-72)91-84(60-69)58-36-64-33-47-78(48-34-64)90(76-29-17-6-18-30-76)82-55-43-68(44-56-82)66-39-51-80(52-40-66)88(73-23-11-3-12-24-73)74-25-13-4-14-26-74/h1-60H/b57-35+,58-36+. The SMILES string of the molecule is N#CC(C#N)=C1C=C(/C=C/c2ccc(N(c3ccccc3)c3ccc(-c4ccc(N(c5ccccc5)c5ccccc5)cc4)cc3)cc2)OC(/C=C/c2ccc(N(c3ccccc3)c3ccc(-c4ccc(N(c5ccccc5)c5ccccc5)cc4)cc3)cc2)=C1. The lowest BCUT2D eigenvalue weighted by Crippen LogP contribution is -2.09. The predicted octanol–water partition coefficient (Wildman–Crippen LogP) is 22.8. The largest absolute Gasteiger partial charge is 0.457 e. The van der Waals surface area contributed by atoms with Gasteiger partial charge in [-0.25, -0.2) is 0 Å². The number of rotatable bonds is 18. The first-order valence-electron chi connectivity index (χ1n) is 30.2. The zero-order valence-electron chi connectivity index (χ0n) is 49.7. The second-order valence-corrected chi connectivity index (χ2v) is 21.6. The molecule has 7 heteroatoms. The van der Waals surface area contributed by atoms with Crippen molar-refractivity contribution in [3.8, 4) is 34.4 Å². The Hall–Kier alpha value is -12.7. The van der Waals surface area contributed by atoms with E-state index >= 15 is 0 Å². The van der Waals surface area contributed by atoms with Gasteiger partial charge >= 0.3 is 0 Å². The molecule has 0 aliphatic carbocycles. The Bertz CT molecular complexity index is 4270. The van der Waals surface area contributed by atoms with Crippen LogP contribution in [0.25, 0.3) is 34.4 Å². The van der Waals surface area contributed by atoms with Gasteiger partial charge in [-0.1, -0.05) is 194 Å². The molecule has 0 bridgehead atoms. The van der Waals surface area contributed by atoms with Crippen molar-refractivity contribution in [2.45, 2.75) is 0 Å². The molecule has 12 aromatic carbocycles. The molecule has 0 spiro atoms. The molecular formula is C84H60N6O. The number of hydrogen-bond acceptors (Lipinski definition) is 7. The van der Waals surface area contributed by atoms with Crippen LogP contribution in [-0.4, -0.2) is 0 Å². The Morgan fingerprint density at radius 2 is 0.440 bits per heavy atom. The molecule has 1 heterocycles. The highest BCUT2D eigenvalue weighted by Crippen LogP contribution is 2.41. The Morgan fingerprint density at radius 1 is 0.242 bits per heavy atom. The molecule has 0 fully saturated rings. The maximum atomic E-state index is 9.98. The normalized spacial score (nSPS) is 11.8. The second kappa shape index (κ2) is 27.4. The van der Waals surface area contributed by atoms with Crippen LogP contribution in [0.1, 0.15) is 11.1 Å². The molecule has 12 aromatic rings. The molecule has 0 unspecified atom stereocenters. The number of anilines is 12. The van der Waals surface area contributed by atoms with Gasteiger partial charge in [-0.05, 0) is 203 Å². The molecule has 0 atom stereocenters. The van der Waals surface area contributed by atoms with Crippen LogP contribution in [0.3, 0.4) is 0 Å². The fourth-order valence-electron chi connectivity index (χ4n) is 11.3. The first-order valence-corrected chi connectivity index (χ1v) is 30.2. The van der Waals surface area contributed by atoms with Gasteiger partial charge in [0.25, 0.3) is 0 Å². The number of hydrogen-bond donors (Lipinski definition) is 0. The van der Waals surface area contributed by atoms with E-state index in [1.54, 1.807) is 12.2 Å². The van der Waals surface area contributed by atoms with Gasteiger partial charge in [0, 0.05) is 73.8 Å². The molecule has 91 heavy (non-hydrogen) atoms. The van der Waals surface area contributed by atoms with Crippen molar-refractivity contribution in [1.82, 2.24) is 0 Å². The number of nitriles is 2. The molecule has 13 rings (SSSR count). The molecule has 7 nitrogen and oxygen atoms in total. The van der Waals surface area contributed by atoms with Crippen LogP contribution in [0.2, 0.25) is 0 Å². The molecule has 0 N–H and O–H groups in total. The molecular weight excluding hydrogens is 1110 g/mol. The fourth-order valence-corrected chi connectivity index (χ4v) is 11.3. The Kier molecular flexibility index (Phi) is 17.3. The van der Waals surface area contributed by atoms with Gasteiger partial charge < -0.3 is 24.3 Å². The first-order chi connectivity index (χ1) is 45.0. The van der Waals surface area contributed by atoms with Crippen LogP contribution < -0.4 is 19.6 Å². The summed E-state index contributed by atoms with van der Waals surface area (Å²) < 4.78 is 6.42. The van der Waals surface area contributed by atoms with Gasteiger partial charge in [-0.3, -0.25) is 0 Å². The summed E-state index contributed by atoms with van der Waals surface area (Å²) in [6.07, 6.45) is 11.1. The summed E-state index contributed by atoms with van der Waals surface area (Å²) in [6.45, 7) is 0. The summed E-state index contributed by atoms with van der Waals surface area (Å²) in [5.41, 5.74) is 19.5. The van der Waals surface area contributed by atoms with E-state index in [0.29, 0.717) is 17.1 Å². The zero-order valence-corrected chi connectivity index (χ0v) is 49.7. The average Bonchev–Trinajstić information content (AvgIpc) is 2.39. The number of ether oxygens (including phenoxy) is 1. The monoisotopic (exact) mass is 1170 g/mol. The summed E-state index contributed by atoms with van der Waals surface area (Å²) in [7, 11) is 0. The molecule has 1 aliphatic rings. The van der Waals surface area contributed by atoms with E-state index in [1.807, 2.05) is 60.7 Å². The number of benzene rings is 12. The third kappa shape index (κ3) is 13.3. The van der Waals surface area contributed by atoms with Gasteiger partial charge in [-0.15, -0.1) is 0 Å². The molecule has 0 saturated carbocycles. The van der Waals surface area contributed by atoms with Gasteiger partial charge in [0.15, 0.2) is 0 Å². The number of nitrogens with zero attached hydrogens (tertiary/aromatic N) is 6. The van der Waals surface area contributed by atoms with Gasteiger partial charge in [-0.2, -0.15) is 10.5 Å². The maximum Gasteiger partial charge on any atom is 0.137 e. The van der Waals surface area contributed by atoms with E-state index in [9.17, 15) is 10.5 Å². The summed E-state index contributed by atoms with van der Waals surface area (Å²) >= 11 is 0. The Morgan fingerprint density at radius 3 is 0.648 bits per heavy atom. The maximum absolute atomic E-state index is 9.98. The molecule has 432 valence electrons. The molecule has 0 radical (unpaired) electrons. The lowest BCUT2D eigenvalue weighted by atomic mass is 10.0.